The third-order valence-electron chi connectivity index (χ3n) is 4.43. The van der Waals surface area contributed by atoms with Crippen molar-refractivity contribution in [1.82, 2.24) is 19.7 Å². The molecule has 0 radical (unpaired) electrons. The number of hydrogen-bond donors (Lipinski definition) is 2. The van der Waals surface area contributed by atoms with Crippen LogP contribution in [0.15, 0.2) is 30.7 Å². The highest BCUT2D eigenvalue weighted by molar-refractivity contribution is 5.91. The lowest BCUT2D eigenvalue weighted by Gasteiger charge is -2.37. The Labute approximate surface area is 141 Å². The molecule has 3 rings (SSSR count). The number of hydrogen-bond acceptors (Lipinski definition) is 5. The summed E-state index contributed by atoms with van der Waals surface area (Å²) in [5.41, 5.74) is 1.59. The van der Waals surface area contributed by atoms with E-state index in [2.05, 4.69) is 15.4 Å². The maximum atomic E-state index is 12.1. The van der Waals surface area contributed by atoms with Gasteiger partial charge >= 0.3 is 0 Å². The summed E-state index contributed by atoms with van der Waals surface area (Å²) in [5, 5.41) is 17.7. The largest absolute Gasteiger partial charge is 0.383 e. The summed E-state index contributed by atoms with van der Waals surface area (Å²) < 4.78 is 1.64. The van der Waals surface area contributed by atoms with E-state index in [0.717, 1.165) is 5.56 Å². The van der Waals surface area contributed by atoms with E-state index in [9.17, 15) is 9.90 Å². The number of rotatable bonds is 4. The molecule has 0 saturated carbocycles. The summed E-state index contributed by atoms with van der Waals surface area (Å²) >= 11 is 0. The first-order valence-corrected chi connectivity index (χ1v) is 8.11. The van der Waals surface area contributed by atoms with E-state index >= 15 is 0 Å². The van der Waals surface area contributed by atoms with Gasteiger partial charge in [-0.15, -0.1) is 0 Å². The zero-order valence-corrected chi connectivity index (χ0v) is 14.1. The van der Waals surface area contributed by atoms with Crippen LogP contribution in [0.5, 0.6) is 0 Å². The molecule has 1 aliphatic heterocycles. The van der Waals surface area contributed by atoms with Gasteiger partial charge in [0.1, 0.15) is 5.60 Å². The van der Waals surface area contributed by atoms with Gasteiger partial charge in [-0.1, -0.05) is 6.07 Å². The summed E-state index contributed by atoms with van der Waals surface area (Å²) in [6, 6.07) is 3.86. The van der Waals surface area contributed by atoms with Gasteiger partial charge in [0.15, 0.2) is 0 Å². The molecule has 128 valence electrons. The Morgan fingerprint density at radius 3 is 2.67 bits per heavy atom. The fourth-order valence-corrected chi connectivity index (χ4v) is 2.97. The van der Waals surface area contributed by atoms with Gasteiger partial charge in [-0.2, -0.15) is 5.10 Å². The van der Waals surface area contributed by atoms with Crippen molar-refractivity contribution >= 4 is 11.6 Å². The van der Waals surface area contributed by atoms with Crippen LogP contribution in [0.3, 0.4) is 0 Å². The molecule has 7 nitrogen and oxygen atoms in total. The molecule has 1 aliphatic rings. The molecule has 1 fully saturated rings. The molecule has 0 atom stereocenters. The minimum Gasteiger partial charge on any atom is -0.383 e. The molecular weight excluding hydrogens is 306 g/mol. The van der Waals surface area contributed by atoms with Gasteiger partial charge in [0.05, 0.1) is 24.1 Å². The SMILES string of the molecule is Cc1ccc(C2(O)CCN(CC(=O)Nc3cnn(C)c3)CC2)nc1. The predicted octanol–water partition coefficient (Wildman–Crippen LogP) is 1.05. The number of nitrogens with zero attached hydrogens (tertiary/aromatic N) is 4. The number of pyridine rings is 1. The molecule has 0 aliphatic carbocycles. The van der Waals surface area contributed by atoms with E-state index in [1.165, 1.54) is 0 Å². The van der Waals surface area contributed by atoms with Gasteiger partial charge in [-0.05, 0) is 31.4 Å². The Kier molecular flexibility index (Phi) is 4.64. The van der Waals surface area contributed by atoms with Crippen molar-refractivity contribution in [3.05, 3.63) is 42.0 Å². The van der Waals surface area contributed by atoms with Crippen LogP contribution < -0.4 is 5.32 Å². The Morgan fingerprint density at radius 2 is 2.08 bits per heavy atom. The Morgan fingerprint density at radius 1 is 1.33 bits per heavy atom. The molecule has 24 heavy (non-hydrogen) atoms. The molecule has 0 bridgehead atoms. The standard InChI is InChI=1S/C17H23N5O2/c1-13-3-4-15(18-9-13)17(24)5-7-22(8-6-17)12-16(23)20-14-10-19-21(2)11-14/h3-4,9-11,24H,5-8,12H2,1-2H3,(H,20,23). The lowest BCUT2D eigenvalue weighted by molar-refractivity contribution is -0.118. The van der Waals surface area contributed by atoms with E-state index in [-0.39, 0.29) is 5.91 Å². The zero-order chi connectivity index (χ0) is 17.2. The topological polar surface area (TPSA) is 83.3 Å². The van der Waals surface area contributed by atoms with E-state index < -0.39 is 5.60 Å². The number of anilines is 1. The van der Waals surface area contributed by atoms with E-state index in [1.807, 2.05) is 24.0 Å². The lowest BCUT2D eigenvalue weighted by Crippen LogP contribution is -2.45. The third kappa shape index (κ3) is 3.80. The smallest absolute Gasteiger partial charge is 0.238 e. The summed E-state index contributed by atoms with van der Waals surface area (Å²) in [7, 11) is 1.81. The van der Waals surface area contributed by atoms with E-state index in [1.54, 1.807) is 30.3 Å². The first-order chi connectivity index (χ1) is 11.4. The van der Waals surface area contributed by atoms with Crippen LogP contribution in [0.4, 0.5) is 5.69 Å². The van der Waals surface area contributed by atoms with Crippen LogP contribution in [0.1, 0.15) is 24.1 Å². The third-order valence-corrected chi connectivity index (χ3v) is 4.43. The number of aromatic nitrogens is 3. The molecule has 0 spiro atoms. The number of likely N-dealkylation sites (tertiary alicyclic amines) is 1. The van der Waals surface area contributed by atoms with Crippen molar-refractivity contribution in [2.24, 2.45) is 7.05 Å². The van der Waals surface area contributed by atoms with Gasteiger partial charge in [0.2, 0.25) is 5.91 Å². The molecule has 1 saturated heterocycles. The molecule has 2 aromatic heterocycles. The van der Waals surface area contributed by atoms with Crippen molar-refractivity contribution in [2.75, 3.05) is 25.0 Å². The van der Waals surface area contributed by atoms with E-state index in [0.29, 0.717) is 43.9 Å². The fourth-order valence-electron chi connectivity index (χ4n) is 2.97. The first-order valence-electron chi connectivity index (χ1n) is 8.11. The van der Waals surface area contributed by atoms with Crippen LogP contribution in [-0.4, -0.2) is 50.3 Å². The van der Waals surface area contributed by atoms with Crippen molar-refractivity contribution < 1.29 is 9.90 Å². The second-order valence-corrected chi connectivity index (χ2v) is 6.48. The quantitative estimate of drug-likeness (QED) is 0.876. The number of carbonyl (C=O) groups is 1. The molecule has 3 heterocycles. The molecule has 1 amide bonds. The van der Waals surface area contributed by atoms with E-state index in [4.69, 9.17) is 0 Å². The molecule has 0 unspecified atom stereocenters. The summed E-state index contributed by atoms with van der Waals surface area (Å²) in [6.07, 6.45) is 6.30. The van der Waals surface area contributed by atoms with Gasteiger partial charge in [-0.25, -0.2) is 0 Å². The van der Waals surface area contributed by atoms with Crippen molar-refractivity contribution in [2.45, 2.75) is 25.4 Å². The molecule has 0 aromatic carbocycles. The average Bonchev–Trinajstić information content (AvgIpc) is 2.95. The summed E-state index contributed by atoms with van der Waals surface area (Å²) in [4.78, 5) is 18.5. The average molecular weight is 329 g/mol. The van der Waals surface area contributed by atoms with Gasteiger partial charge in [-0.3, -0.25) is 19.4 Å². The number of piperidine rings is 1. The van der Waals surface area contributed by atoms with Crippen LogP contribution in [0.25, 0.3) is 0 Å². The maximum Gasteiger partial charge on any atom is 0.238 e. The number of nitrogens with one attached hydrogen (secondary N) is 1. The van der Waals surface area contributed by atoms with Crippen LogP contribution in [-0.2, 0) is 17.4 Å². The first kappa shape index (κ1) is 16.6. The monoisotopic (exact) mass is 329 g/mol. The van der Waals surface area contributed by atoms with Crippen LogP contribution in [0.2, 0.25) is 0 Å². The van der Waals surface area contributed by atoms with Gasteiger partial charge in [0.25, 0.3) is 0 Å². The van der Waals surface area contributed by atoms with Crippen molar-refractivity contribution in [3.8, 4) is 0 Å². The number of aryl methyl sites for hydroxylation is 2. The van der Waals surface area contributed by atoms with Crippen LogP contribution >= 0.6 is 0 Å². The molecular formula is C17H23N5O2. The molecule has 7 heteroatoms. The molecule has 2 aromatic rings. The maximum absolute atomic E-state index is 12.1. The predicted molar refractivity (Wildman–Crippen MR) is 90.4 cm³/mol. The Balaban J connectivity index is 1.53. The zero-order valence-electron chi connectivity index (χ0n) is 14.1. The normalized spacial score (nSPS) is 17.6. The minimum absolute atomic E-state index is 0.0677. The second-order valence-electron chi connectivity index (χ2n) is 6.48. The lowest BCUT2D eigenvalue weighted by atomic mass is 9.87. The highest BCUT2D eigenvalue weighted by Gasteiger charge is 2.35. The number of carbonyl (C=O) groups excluding carboxylic acids is 1. The summed E-state index contributed by atoms with van der Waals surface area (Å²) in [6.45, 7) is 3.61. The number of aliphatic hydroxyl groups is 1. The van der Waals surface area contributed by atoms with Gasteiger partial charge in [0, 0.05) is 32.5 Å². The van der Waals surface area contributed by atoms with Crippen molar-refractivity contribution in [3.63, 3.8) is 0 Å². The highest BCUT2D eigenvalue weighted by Crippen LogP contribution is 2.31. The second kappa shape index (κ2) is 6.70. The van der Waals surface area contributed by atoms with Crippen molar-refractivity contribution in [1.29, 1.82) is 0 Å². The Bertz CT molecular complexity index is 702. The fraction of sp³-hybridized carbons (Fsp3) is 0.471. The summed E-state index contributed by atoms with van der Waals surface area (Å²) in [5.74, 6) is -0.0677. The van der Waals surface area contributed by atoms with Gasteiger partial charge < -0.3 is 10.4 Å². The Hall–Kier alpha value is -2.25. The minimum atomic E-state index is -0.899. The molecule has 2 N–H and O–H groups in total. The van der Waals surface area contributed by atoms with Crippen LogP contribution in [0, 0.1) is 6.92 Å². The number of amides is 1. The highest BCUT2D eigenvalue weighted by atomic mass is 16.3.